The summed E-state index contributed by atoms with van der Waals surface area (Å²) < 4.78 is 10.1. The molecule has 1 heterocycles. The number of ether oxygens (including phenoxy) is 2. The van der Waals surface area contributed by atoms with Crippen LogP contribution in [0.4, 0.5) is 0 Å². The molecule has 0 saturated carbocycles. The van der Waals surface area contributed by atoms with E-state index in [1.165, 1.54) is 7.11 Å². The Kier molecular flexibility index (Phi) is 4.75. The summed E-state index contributed by atoms with van der Waals surface area (Å²) in [7, 11) is 1.32. The van der Waals surface area contributed by atoms with Crippen LogP contribution in [0.5, 0.6) is 0 Å². The minimum atomic E-state index is -0.480. The molecule has 22 heavy (non-hydrogen) atoms. The van der Waals surface area contributed by atoms with Gasteiger partial charge in [-0.05, 0) is 18.6 Å². The van der Waals surface area contributed by atoms with Gasteiger partial charge in [-0.1, -0.05) is 32.0 Å². The van der Waals surface area contributed by atoms with Crippen LogP contribution >= 0.6 is 0 Å². The van der Waals surface area contributed by atoms with Crippen molar-refractivity contribution in [2.45, 2.75) is 27.4 Å². The van der Waals surface area contributed by atoms with Crippen LogP contribution in [-0.4, -0.2) is 24.0 Å². The highest BCUT2D eigenvalue weighted by atomic mass is 16.5. The maximum absolute atomic E-state index is 12.1. The van der Waals surface area contributed by atoms with E-state index in [4.69, 9.17) is 9.47 Å². The molecule has 0 saturated heterocycles. The molecule has 5 nitrogen and oxygen atoms in total. The summed E-state index contributed by atoms with van der Waals surface area (Å²) in [4.78, 5) is 28.2. The smallest absolute Gasteiger partial charge is 0.340 e. The molecule has 2 rings (SSSR count). The van der Waals surface area contributed by atoms with Crippen molar-refractivity contribution in [3.05, 3.63) is 41.1 Å². The molecule has 0 amide bonds. The second-order valence-electron chi connectivity index (χ2n) is 5.33. The third kappa shape index (κ3) is 3.08. The van der Waals surface area contributed by atoms with E-state index in [0.29, 0.717) is 11.3 Å². The Balaban J connectivity index is 2.50. The second-order valence-corrected chi connectivity index (χ2v) is 5.33. The molecule has 116 valence electrons. The lowest BCUT2D eigenvalue weighted by Gasteiger charge is -2.14. The summed E-state index contributed by atoms with van der Waals surface area (Å²) >= 11 is 0. The minimum absolute atomic E-state index is 0.0485. The number of fused-ring (bicyclic) bond motifs is 1. The highest BCUT2D eigenvalue weighted by Gasteiger charge is 2.20. The zero-order chi connectivity index (χ0) is 16.3. The van der Waals surface area contributed by atoms with Crippen molar-refractivity contribution in [1.82, 2.24) is 4.98 Å². The predicted octanol–water partition coefficient (Wildman–Crippen LogP) is 3.03. The largest absolute Gasteiger partial charge is 0.465 e. The Morgan fingerprint density at radius 1 is 1.23 bits per heavy atom. The van der Waals surface area contributed by atoms with E-state index in [9.17, 15) is 9.59 Å². The van der Waals surface area contributed by atoms with Gasteiger partial charge in [-0.25, -0.2) is 9.78 Å². The Morgan fingerprint density at radius 3 is 2.55 bits per heavy atom. The molecule has 5 heteroatoms. The number of para-hydroxylation sites is 1. The third-order valence-electron chi connectivity index (χ3n) is 3.44. The van der Waals surface area contributed by atoms with Crippen molar-refractivity contribution in [3.8, 4) is 0 Å². The van der Waals surface area contributed by atoms with Crippen molar-refractivity contribution in [2.24, 2.45) is 5.92 Å². The molecule has 0 aliphatic carbocycles. The van der Waals surface area contributed by atoms with E-state index in [-0.39, 0.29) is 18.5 Å². The van der Waals surface area contributed by atoms with Crippen molar-refractivity contribution in [2.75, 3.05) is 7.11 Å². The Bertz CT molecular complexity index is 722. The van der Waals surface area contributed by atoms with Gasteiger partial charge in [0.25, 0.3) is 0 Å². The Morgan fingerprint density at radius 2 is 1.91 bits per heavy atom. The molecular formula is C17H19NO4. The molecule has 1 aromatic carbocycles. The molecule has 0 fully saturated rings. The summed E-state index contributed by atoms with van der Waals surface area (Å²) in [5.74, 6) is -1.04. The van der Waals surface area contributed by atoms with Gasteiger partial charge in [0.05, 0.1) is 29.8 Å². The van der Waals surface area contributed by atoms with Gasteiger partial charge in [-0.3, -0.25) is 4.79 Å². The molecular weight excluding hydrogens is 282 g/mol. The molecule has 0 N–H and O–H groups in total. The number of esters is 2. The van der Waals surface area contributed by atoms with Crippen LogP contribution in [0.1, 0.15) is 35.5 Å². The van der Waals surface area contributed by atoms with E-state index in [1.807, 2.05) is 31.2 Å². The normalized spacial score (nSPS) is 10.8. The highest BCUT2D eigenvalue weighted by Crippen LogP contribution is 2.24. The van der Waals surface area contributed by atoms with Gasteiger partial charge < -0.3 is 9.47 Å². The number of aryl methyl sites for hydroxylation is 1. The Hall–Kier alpha value is -2.43. The van der Waals surface area contributed by atoms with Crippen molar-refractivity contribution >= 4 is 22.8 Å². The maximum Gasteiger partial charge on any atom is 0.340 e. The molecule has 0 bridgehead atoms. The molecule has 0 spiro atoms. The zero-order valence-electron chi connectivity index (χ0n) is 13.2. The number of carbonyl (C=O) groups excluding carboxylic acids is 2. The van der Waals surface area contributed by atoms with Gasteiger partial charge in [0.15, 0.2) is 0 Å². The maximum atomic E-state index is 12.1. The fourth-order valence-electron chi connectivity index (χ4n) is 2.22. The van der Waals surface area contributed by atoms with Crippen LogP contribution in [-0.2, 0) is 20.9 Å². The van der Waals surface area contributed by atoms with Crippen molar-refractivity contribution in [3.63, 3.8) is 0 Å². The van der Waals surface area contributed by atoms with Gasteiger partial charge in [0.2, 0.25) is 0 Å². The molecule has 0 radical (unpaired) electrons. The first kappa shape index (κ1) is 15.9. The number of rotatable bonds is 4. The highest BCUT2D eigenvalue weighted by molar-refractivity contribution is 5.98. The van der Waals surface area contributed by atoms with Gasteiger partial charge in [0.1, 0.15) is 6.61 Å². The summed E-state index contributed by atoms with van der Waals surface area (Å²) in [5.41, 5.74) is 2.30. The van der Waals surface area contributed by atoms with Crippen LogP contribution in [0.2, 0.25) is 0 Å². The lowest BCUT2D eigenvalue weighted by molar-refractivity contribution is -0.148. The Labute approximate surface area is 129 Å². The molecule has 0 unspecified atom stereocenters. The first-order valence-electron chi connectivity index (χ1n) is 7.08. The average molecular weight is 301 g/mol. The first-order valence-corrected chi connectivity index (χ1v) is 7.08. The molecule has 0 aliphatic heterocycles. The van der Waals surface area contributed by atoms with Crippen molar-refractivity contribution in [1.29, 1.82) is 0 Å². The van der Waals surface area contributed by atoms with Crippen LogP contribution in [0, 0.1) is 12.8 Å². The van der Waals surface area contributed by atoms with E-state index in [2.05, 4.69) is 4.98 Å². The lowest BCUT2D eigenvalue weighted by Crippen LogP contribution is -2.16. The summed E-state index contributed by atoms with van der Waals surface area (Å²) in [6.45, 7) is 5.29. The SMILES string of the molecule is COC(=O)c1c(COC(=O)C(C)C)nc2ccccc2c1C. The third-order valence-corrected chi connectivity index (χ3v) is 3.44. The monoisotopic (exact) mass is 301 g/mol. The molecule has 0 atom stereocenters. The predicted molar refractivity (Wildman–Crippen MR) is 82.5 cm³/mol. The van der Waals surface area contributed by atoms with Crippen LogP contribution < -0.4 is 0 Å². The topological polar surface area (TPSA) is 65.5 Å². The number of benzene rings is 1. The molecule has 2 aromatic rings. The quantitative estimate of drug-likeness (QED) is 0.812. The molecule has 0 aliphatic rings. The summed E-state index contributed by atoms with van der Waals surface area (Å²) in [6, 6.07) is 7.51. The van der Waals surface area contributed by atoms with E-state index in [1.54, 1.807) is 13.8 Å². The number of hydrogen-bond donors (Lipinski definition) is 0. The number of methoxy groups -OCH3 is 1. The number of nitrogens with zero attached hydrogens (tertiary/aromatic N) is 1. The fourth-order valence-corrected chi connectivity index (χ4v) is 2.22. The first-order chi connectivity index (χ1) is 10.5. The van der Waals surface area contributed by atoms with E-state index >= 15 is 0 Å². The van der Waals surface area contributed by atoms with E-state index < -0.39 is 5.97 Å². The lowest BCUT2D eigenvalue weighted by atomic mass is 10.0. The zero-order valence-corrected chi connectivity index (χ0v) is 13.2. The number of pyridine rings is 1. The number of hydrogen-bond acceptors (Lipinski definition) is 5. The van der Waals surface area contributed by atoms with E-state index in [0.717, 1.165) is 16.5 Å². The van der Waals surface area contributed by atoms with Crippen LogP contribution in [0.3, 0.4) is 0 Å². The average Bonchev–Trinajstić information content (AvgIpc) is 2.51. The van der Waals surface area contributed by atoms with Gasteiger partial charge in [0, 0.05) is 5.39 Å². The fraction of sp³-hybridized carbons (Fsp3) is 0.353. The number of aromatic nitrogens is 1. The second kappa shape index (κ2) is 6.56. The minimum Gasteiger partial charge on any atom is -0.465 e. The van der Waals surface area contributed by atoms with Gasteiger partial charge in [-0.15, -0.1) is 0 Å². The van der Waals surface area contributed by atoms with Crippen molar-refractivity contribution < 1.29 is 19.1 Å². The number of carbonyl (C=O) groups is 2. The van der Waals surface area contributed by atoms with Gasteiger partial charge in [-0.2, -0.15) is 0 Å². The van der Waals surface area contributed by atoms with Crippen LogP contribution in [0.15, 0.2) is 24.3 Å². The van der Waals surface area contributed by atoms with Gasteiger partial charge >= 0.3 is 11.9 Å². The standard InChI is InChI=1S/C17H19NO4/c1-10(2)16(19)22-9-14-15(17(20)21-4)11(3)12-7-5-6-8-13(12)18-14/h5-8,10H,9H2,1-4H3. The van der Waals surface area contributed by atoms with Crippen LogP contribution in [0.25, 0.3) is 10.9 Å². The molecule has 1 aromatic heterocycles. The summed E-state index contributed by atoms with van der Waals surface area (Å²) in [6.07, 6.45) is 0. The summed E-state index contributed by atoms with van der Waals surface area (Å²) in [5, 5.41) is 0.877.